The van der Waals surface area contributed by atoms with Crippen molar-refractivity contribution in [2.45, 2.75) is 18.6 Å². The second-order valence-electron chi connectivity index (χ2n) is 7.32. The summed E-state index contributed by atoms with van der Waals surface area (Å²) >= 11 is 0. The molecule has 2 saturated heterocycles. The molecule has 0 unspecified atom stereocenters. The molecule has 0 spiro atoms. The van der Waals surface area contributed by atoms with Crippen molar-refractivity contribution < 1.29 is 9.53 Å². The third kappa shape index (κ3) is 3.47. The topological polar surface area (TPSA) is 61.8 Å². The van der Waals surface area contributed by atoms with Gasteiger partial charge < -0.3 is 19.4 Å². The van der Waals surface area contributed by atoms with E-state index >= 15 is 0 Å². The lowest BCUT2D eigenvalue weighted by Gasteiger charge is -2.25. The second kappa shape index (κ2) is 7.15. The van der Waals surface area contributed by atoms with Gasteiger partial charge in [0.05, 0.1) is 30.9 Å². The Bertz CT molecular complexity index is 823. The average molecular weight is 367 g/mol. The van der Waals surface area contributed by atoms with Crippen LogP contribution in [0.5, 0.6) is 0 Å². The van der Waals surface area contributed by atoms with Crippen LogP contribution in [-0.4, -0.2) is 73.8 Å². The molecule has 0 N–H and O–H groups in total. The number of hydrogen-bond acceptors (Lipinski definition) is 6. The highest BCUT2D eigenvalue weighted by Crippen LogP contribution is 2.27. The SMILES string of the molecule is CN(C)c1ccc(-c2ccnc(N3C[C@@H]4OCCC(=O)N(C)[C@H]4C3)n2)cc1. The highest BCUT2D eigenvalue weighted by atomic mass is 16.5. The van der Waals surface area contributed by atoms with E-state index in [2.05, 4.69) is 39.0 Å². The number of likely N-dealkylation sites (N-methyl/N-ethyl adjacent to an activating group) is 1. The van der Waals surface area contributed by atoms with E-state index in [1.54, 1.807) is 6.20 Å². The number of rotatable bonds is 3. The molecule has 7 heteroatoms. The van der Waals surface area contributed by atoms with Crippen molar-refractivity contribution in [3.8, 4) is 11.3 Å². The Balaban J connectivity index is 1.55. The van der Waals surface area contributed by atoms with Gasteiger partial charge in [-0.3, -0.25) is 4.79 Å². The number of aromatic nitrogens is 2. The lowest BCUT2D eigenvalue weighted by atomic mass is 10.1. The van der Waals surface area contributed by atoms with Crippen LogP contribution in [0.2, 0.25) is 0 Å². The highest BCUT2D eigenvalue weighted by Gasteiger charge is 2.40. The van der Waals surface area contributed by atoms with Crippen molar-refractivity contribution >= 4 is 17.5 Å². The van der Waals surface area contributed by atoms with E-state index < -0.39 is 0 Å². The van der Waals surface area contributed by atoms with Gasteiger partial charge in [0.2, 0.25) is 11.9 Å². The standard InChI is InChI=1S/C20H25N5O2/c1-23(2)15-6-4-14(5-7-15)16-8-10-21-20(22-16)25-12-17-18(13-25)27-11-9-19(26)24(17)3/h4-8,10,17-18H,9,11-13H2,1-3H3/t17-,18-/m0/s1. The zero-order valence-electron chi connectivity index (χ0n) is 16.0. The van der Waals surface area contributed by atoms with Gasteiger partial charge in [0.15, 0.2) is 0 Å². The lowest BCUT2D eigenvalue weighted by Crippen LogP contribution is -2.42. The van der Waals surface area contributed by atoms with E-state index in [0.29, 0.717) is 32.1 Å². The molecular formula is C20H25N5O2. The fourth-order valence-electron chi connectivity index (χ4n) is 3.71. The van der Waals surface area contributed by atoms with E-state index in [4.69, 9.17) is 9.72 Å². The van der Waals surface area contributed by atoms with E-state index in [1.165, 1.54) is 0 Å². The van der Waals surface area contributed by atoms with Gasteiger partial charge in [0, 0.05) is 51.7 Å². The number of amides is 1. The Labute approximate surface area is 159 Å². The molecule has 0 radical (unpaired) electrons. The Morgan fingerprint density at radius 3 is 2.67 bits per heavy atom. The number of hydrogen-bond donors (Lipinski definition) is 0. The fraction of sp³-hybridized carbons (Fsp3) is 0.450. The van der Waals surface area contributed by atoms with Gasteiger partial charge in [-0.25, -0.2) is 9.97 Å². The van der Waals surface area contributed by atoms with Crippen LogP contribution in [0.3, 0.4) is 0 Å². The van der Waals surface area contributed by atoms with Crippen LogP contribution in [0.15, 0.2) is 36.5 Å². The minimum absolute atomic E-state index is 0.00748. The molecule has 1 amide bonds. The molecule has 0 saturated carbocycles. The summed E-state index contributed by atoms with van der Waals surface area (Å²) in [6.45, 7) is 1.87. The van der Waals surface area contributed by atoms with Gasteiger partial charge in [0.25, 0.3) is 0 Å². The van der Waals surface area contributed by atoms with E-state index in [1.807, 2.05) is 32.1 Å². The zero-order chi connectivity index (χ0) is 19.0. The summed E-state index contributed by atoms with van der Waals surface area (Å²) in [6, 6.07) is 10.3. The first kappa shape index (κ1) is 17.7. The van der Waals surface area contributed by atoms with Crippen molar-refractivity contribution in [3.63, 3.8) is 0 Å². The molecule has 2 aliphatic heterocycles. The quantitative estimate of drug-likeness (QED) is 0.822. The van der Waals surface area contributed by atoms with Crippen LogP contribution in [-0.2, 0) is 9.53 Å². The summed E-state index contributed by atoms with van der Waals surface area (Å²) in [5.41, 5.74) is 3.10. The number of carbonyl (C=O) groups excluding carboxylic acids is 1. The third-order valence-electron chi connectivity index (χ3n) is 5.38. The third-order valence-corrected chi connectivity index (χ3v) is 5.38. The summed E-state index contributed by atoms with van der Waals surface area (Å²) in [4.78, 5) is 27.3. The molecule has 142 valence electrons. The summed E-state index contributed by atoms with van der Waals surface area (Å²) in [5, 5.41) is 0. The fourth-order valence-corrected chi connectivity index (χ4v) is 3.71. The Hall–Kier alpha value is -2.67. The van der Waals surface area contributed by atoms with Crippen LogP contribution >= 0.6 is 0 Å². The van der Waals surface area contributed by atoms with E-state index in [9.17, 15) is 4.79 Å². The molecule has 2 atom stereocenters. The molecule has 3 heterocycles. The zero-order valence-corrected chi connectivity index (χ0v) is 16.0. The molecule has 2 aromatic rings. The minimum Gasteiger partial charge on any atom is -0.378 e. The van der Waals surface area contributed by atoms with Gasteiger partial charge in [0.1, 0.15) is 0 Å². The van der Waals surface area contributed by atoms with Crippen LogP contribution in [0.4, 0.5) is 11.6 Å². The van der Waals surface area contributed by atoms with Crippen molar-refractivity contribution in [1.29, 1.82) is 0 Å². The summed E-state index contributed by atoms with van der Waals surface area (Å²) in [7, 11) is 5.91. The Morgan fingerprint density at radius 1 is 1.15 bits per heavy atom. The van der Waals surface area contributed by atoms with Gasteiger partial charge in [-0.2, -0.15) is 0 Å². The average Bonchev–Trinajstić information content (AvgIpc) is 3.06. The number of carbonyl (C=O) groups is 1. The first-order chi connectivity index (χ1) is 13.0. The maximum Gasteiger partial charge on any atom is 0.226 e. The second-order valence-corrected chi connectivity index (χ2v) is 7.32. The monoisotopic (exact) mass is 367 g/mol. The number of ether oxygens (including phenoxy) is 1. The molecule has 7 nitrogen and oxygen atoms in total. The molecule has 1 aromatic carbocycles. The first-order valence-corrected chi connectivity index (χ1v) is 9.26. The molecule has 1 aromatic heterocycles. The largest absolute Gasteiger partial charge is 0.378 e. The van der Waals surface area contributed by atoms with Crippen LogP contribution in [0.25, 0.3) is 11.3 Å². The van der Waals surface area contributed by atoms with Crippen molar-refractivity contribution in [2.24, 2.45) is 0 Å². The van der Waals surface area contributed by atoms with E-state index in [0.717, 1.165) is 16.9 Å². The maximum absolute atomic E-state index is 12.1. The number of anilines is 2. The van der Waals surface area contributed by atoms with Crippen LogP contribution < -0.4 is 9.80 Å². The predicted octanol–water partition coefficient (Wildman–Crippen LogP) is 1.65. The number of fused-ring (bicyclic) bond motifs is 1. The maximum atomic E-state index is 12.1. The van der Waals surface area contributed by atoms with Gasteiger partial charge in [-0.15, -0.1) is 0 Å². The Kier molecular flexibility index (Phi) is 4.70. The molecule has 4 rings (SSSR count). The molecular weight excluding hydrogens is 342 g/mol. The molecule has 2 aliphatic rings. The molecule has 27 heavy (non-hydrogen) atoms. The van der Waals surface area contributed by atoms with Crippen molar-refractivity contribution in [1.82, 2.24) is 14.9 Å². The van der Waals surface area contributed by atoms with Gasteiger partial charge in [-0.1, -0.05) is 12.1 Å². The van der Waals surface area contributed by atoms with Crippen LogP contribution in [0, 0.1) is 0 Å². The normalized spacial score (nSPS) is 22.6. The number of nitrogens with zero attached hydrogens (tertiary/aromatic N) is 5. The smallest absolute Gasteiger partial charge is 0.226 e. The molecule has 0 bridgehead atoms. The summed E-state index contributed by atoms with van der Waals surface area (Å²) in [6.07, 6.45) is 2.26. The Morgan fingerprint density at radius 2 is 1.93 bits per heavy atom. The van der Waals surface area contributed by atoms with Gasteiger partial charge >= 0.3 is 0 Å². The first-order valence-electron chi connectivity index (χ1n) is 9.26. The molecule has 0 aliphatic carbocycles. The highest BCUT2D eigenvalue weighted by molar-refractivity contribution is 5.77. The van der Waals surface area contributed by atoms with Gasteiger partial charge in [-0.05, 0) is 18.2 Å². The van der Waals surface area contributed by atoms with Crippen molar-refractivity contribution in [2.75, 3.05) is 50.6 Å². The lowest BCUT2D eigenvalue weighted by molar-refractivity contribution is -0.130. The minimum atomic E-state index is 0.00748. The predicted molar refractivity (Wildman–Crippen MR) is 105 cm³/mol. The number of benzene rings is 1. The van der Waals surface area contributed by atoms with Crippen molar-refractivity contribution in [3.05, 3.63) is 36.5 Å². The van der Waals surface area contributed by atoms with E-state index in [-0.39, 0.29) is 18.1 Å². The van der Waals surface area contributed by atoms with Crippen LogP contribution in [0.1, 0.15) is 6.42 Å². The molecule has 2 fully saturated rings. The summed E-state index contributed by atoms with van der Waals surface area (Å²) < 4.78 is 5.91. The summed E-state index contributed by atoms with van der Waals surface area (Å²) in [5.74, 6) is 0.821.